The van der Waals surface area contributed by atoms with Crippen molar-refractivity contribution in [2.45, 2.75) is 44.1 Å². The van der Waals surface area contributed by atoms with Crippen LogP contribution in [0, 0.1) is 11.7 Å². The zero-order chi connectivity index (χ0) is 18.1. The number of hydrogen-bond acceptors (Lipinski definition) is 1. The zero-order valence-electron chi connectivity index (χ0n) is 12.3. The highest BCUT2D eigenvalue weighted by Gasteiger charge is 2.42. The normalized spacial score (nSPS) is 22.3. The van der Waals surface area contributed by atoms with Crippen LogP contribution in [0.5, 0.6) is 0 Å². The lowest BCUT2D eigenvalue weighted by Crippen LogP contribution is -2.41. The maximum atomic E-state index is 13.2. The van der Waals surface area contributed by atoms with Gasteiger partial charge in [-0.3, -0.25) is 4.79 Å². The van der Waals surface area contributed by atoms with E-state index in [4.69, 9.17) is 0 Å². The molecule has 2 nitrogen and oxygen atoms in total. The third-order valence-corrected chi connectivity index (χ3v) is 4.01. The fourth-order valence-corrected chi connectivity index (χ4v) is 2.77. The number of hydrogen-bond donors (Lipinski definition) is 1. The van der Waals surface area contributed by atoms with Gasteiger partial charge in [-0.2, -0.15) is 26.3 Å². The smallest absolute Gasteiger partial charge is 0.349 e. The van der Waals surface area contributed by atoms with Crippen molar-refractivity contribution < 1.29 is 35.5 Å². The Kier molecular flexibility index (Phi) is 5.10. The molecule has 0 aliphatic heterocycles. The Morgan fingerprint density at radius 1 is 1.08 bits per heavy atom. The van der Waals surface area contributed by atoms with Crippen LogP contribution in [0.4, 0.5) is 30.7 Å². The van der Waals surface area contributed by atoms with Gasteiger partial charge in [-0.05, 0) is 37.5 Å². The molecule has 1 aromatic carbocycles. The molecule has 1 aliphatic rings. The average molecular weight is 357 g/mol. The summed E-state index contributed by atoms with van der Waals surface area (Å²) in [6.45, 7) is 0. The molecule has 0 saturated heterocycles. The minimum atomic E-state index is -4.97. The van der Waals surface area contributed by atoms with Crippen LogP contribution >= 0.6 is 0 Å². The van der Waals surface area contributed by atoms with Gasteiger partial charge in [0.2, 0.25) is 0 Å². The van der Waals surface area contributed by atoms with Gasteiger partial charge in [0.1, 0.15) is 5.82 Å². The molecule has 0 heterocycles. The predicted molar refractivity (Wildman–Crippen MR) is 70.7 cm³/mol. The number of rotatable bonds is 2. The molecule has 0 bridgehead atoms. The summed E-state index contributed by atoms with van der Waals surface area (Å²) in [5.74, 6) is -4.02. The third-order valence-electron chi connectivity index (χ3n) is 4.01. The van der Waals surface area contributed by atoms with E-state index in [1.165, 1.54) is 0 Å². The Bertz CT molecular complexity index is 609. The Balaban J connectivity index is 2.10. The van der Waals surface area contributed by atoms with E-state index in [9.17, 15) is 35.5 Å². The molecule has 1 aliphatic carbocycles. The SMILES string of the molecule is O=C(NC1CCCC(C(F)(F)F)C1)c1ccc(F)c(C(F)(F)F)c1. The fourth-order valence-electron chi connectivity index (χ4n) is 2.77. The van der Waals surface area contributed by atoms with Gasteiger partial charge in [0.25, 0.3) is 5.91 Å². The molecule has 9 heteroatoms. The molecule has 2 rings (SSSR count). The van der Waals surface area contributed by atoms with Gasteiger partial charge >= 0.3 is 12.4 Å². The van der Waals surface area contributed by atoms with Gasteiger partial charge in [0.05, 0.1) is 11.5 Å². The van der Waals surface area contributed by atoms with Crippen LogP contribution in [0.25, 0.3) is 0 Å². The van der Waals surface area contributed by atoms with E-state index in [2.05, 4.69) is 5.32 Å². The first-order chi connectivity index (χ1) is 11.0. The predicted octanol–water partition coefficient (Wildman–Crippen LogP) is 4.70. The first-order valence-corrected chi connectivity index (χ1v) is 7.23. The highest BCUT2D eigenvalue weighted by atomic mass is 19.4. The quantitative estimate of drug-likeness (QED) is 0.764. The average Bonchev–Trinajstić information content (AvgIpc) is 2.45. The van der Waals surface area contributed by atoms with E-state index >= 15 is 0 Å². The van der Waals surface area contributed by atoms with Crippen molar-refractivity contribution in [1.29, 1.82) is 0 Å². The molecule has 2 unspecified atom stereocenters. The van der Waals surface area contributed by atoms with Crippen LogP contribution in [-0.4, -0.2) is 18.1 Å². The second-order valence-corrected chi connectivity index (χ2v) is 5.77. The van der Waals surface area contributed by atoms with Crippen molar-refractivity contribution in [2.75, 3.05) is 0 Å². The van der Waals surface area contributed by atoms with E-state index in [-0.39, 0.29) is 19.3 Å². The molecule has 1 fully saturated rings. The summed E-state index contributed by atoms with van der Waals surface area (Å²) >= 11 is 0. The number of carbonyl (C=O) groups is 1. The van der Waals surface area contributed by atoms with Crippen molar-refractivity contribution in [2.24, 2.45) is 5.92 Å². The summed E-state index contributed by atoms with van der Waals surface area (Å²) in [5, 5.41) is 2.31. The van der Waals surface area contributed by atoms with Crippen molar-refractivity contribution in [3.05, 3.63) is 35.1 Å². The Hall–Kier alpha value is -1.80. The van der Waals surface area contributed by atoms with Crippen molar-refractivity contribution in [1.82, 2.24) is 5.32 Å². The van der Waals surface area contributed by atoms with E-state index in [1.54, 1.807) is 0 Å². The van der Waals surface area contributed by atoms with E-state index in [0.29, 0.717) is 18.6 Å². The van der Waals surface area contributed by atoms with Crippen LogP contribution in [0.3, 0.4) is 0 Å². The summed E-state index contributed by atoms with van der Waals surface area (Å²) in [5.41, 5.74) is -2.04. The largest absolute Gasteiger partial charge is 0.419 e. The molecule has 0 aromatic heterocycles. The molecule has 1 N–H and O–H groups in total. The molecule has 134 valence electrons. The number of amides is 1. The minimum Gasteiger partial charge on any atom is -0.349 e. The van der Waals surface area contributed by atoms with E-state index in [0.717, 1.165) is 6.07 Å². The molecular formula is C15H14F7NO. The number of alkyl halides is 6. The van der Waals surface area contributed by atoms with Gasteiger partial charge in [-0.1, -0.05) is 6.42 Å². The number of nitrogens with one attached hydrogen (secondary N) is 1. The van der Waals surface area contributed by atoms with Crippen LogP contribution < -0.4 is 5.32 Å². The Labute approximate surface area is 133 Å². The molecule has 1 amide bonds. The summed E-state index contributed by atoms with van der Waals surface area (Å²) in [6, 6.07) is 0.952. The lowest BCUT2D eigenvalue weighted by Gasteiger charge is -2.31. The van der Waals surface area contributed by atoms with Gasteiger partial charge in [-0.25, -0.2) is 4.39 Å². The van der Waals surface area contributed by atoms with E-state index < -0.39 is 47.2 Å². The lowest BCUT2D eigenvalue weighted by atomic mass is 9.85. The first kappa shape index (κ1) is 18.5. The lowest BCUT2D eigenvalue weighted by molar-refractivity contribution is -0.183. The van der Waals surface area contributed by atoms with Crippen LogP contribution in [0.15, 0.2) is 18.2 Å². The van der Waals surface area contributed by atoms with Crippen LogP contribution in [0.2, 0.25) is 0 Å². The van der Waals surface area contributed by atoms with Crippen LogP contribution in [0.1, 0.15) is 41.6 Å². The first-order valence-electron chi connectivity index (χ1n) is 7.23. The third kappa shape index (κ3) is 4.39. The standard InChI is InChI=1S/C15H14F7NO/c16-12-5-4-8(6-11(12)15(20,21)22)13(24)23-10-3-1-2-9(7-10)14(17,18)19/h4-6,9-10H,1-3,7H2,(H,23,24). The number of carbonyl (C=O) groups excluding carboxylic acids is 1. The monoisotopic (exact) mass is 357 g/mol. The Morgan fingerprint density at radius 2 is 1.75 bits per heavy atom. The summed E-state index contributed by atoms with van der Waals surface area (Å²) in [7, 11) is 0. The van der Waals surface area contributed by atoms with Crippen molar-refractivity contribution >= 4 is 5.91 Å². The highest BCUT2D eigenvalue weighted by Crippen LogP contribution is 2.37. The summed E-state index contributed by atoms with van der Waals surface area (Å²) in [4.78, 5) is 12.0. The van der Waals surface area contributed by atoms with Gasteiger partial charge in [-0.15, -0.1) is 0 Å². The molecule has 2 atom stereocenters. The summed E-state index contributed by atoms with van der Waals surface area (Å²) in [6.07, 6.45) is -9.12. The molecule has 1 aromatic rings. The zero-order valence-corrected chi connectivity index (χ0v) is 12.3. The highest BCUT2D eigenvalue weighted by molar-refractivity contribution is 5.94. The van der Waals surface area contributed by atoms with Crippen molar-refractivity contribution in [3.8, 4) is 0 Å². The van der Waals surface area contributed by atoms with E-state index in [1.807, 2.05) is 0 Å². The van der Waals surface area contributed by atoms with Crippen LogP contribution in [-0.2, 0) is 6.18 Å². The Morgan fingerprint density at radius 3 is 2.33 bits per heavy atom. The minimum absolute atomic E-state index is 0.0371. The molecule has 0 spiro atoms. The van der Waals surface area contributed by atoms with Crippen molar-refractivity contribution in [3.63, 3.8) is 0 Å². The maximum Gasteiger partial charge on any atom is 0.419 e. The molecule has 0 radical (unpaired) electrons. The van der Waals surface area contributed by atoms with Gasteiger partial charge in [0.15, 0.2) is 0 Å². The molecular weight excluding hydrogens is 343 g/mol. The number of benzene rings is 1. The summed E-state index contributed by atoms with van der Waals surface area (Å²) < 4.78 is 89.3. The molecule has 1 saturated carbocycles. The topological polar surface area (TPSA) is 29.1 Å². The fraction of sp³-hybridized carbons (Fsp3) is 0.533. The molecule has 24 heavy (non-hydrogen) atoms. The van der Waals surface area contributed by atoms with Gasteiger partial charge < -0.3 is 5.32 Å². The van der Waals surface area contributed by atoms with Gasteiger partial charge in [0, 0.05) is 11.6 Å². The second kappa shape index (κ2) is 6.60. The number of halogens is 7. The maximum absolute atomic E-state index is 13.2. The second-order valence-electron chi connectivity index (χ2n) is 5.77.